The van der Waals surface area contributed by atoms with Gasteiger partial charge >= 0.3 is 10.4 Å². The van der Waals surface area contributed by atoms with Crippen LogP contribution in [0.15, 0.2) is 24.3 Å². The Morgan fingerprint density at radius 2 is 2.27 bits per heavy atom. The predicted molar refractivity (Wildman–Crippen MR) is 49.7 cm³/mol. The van der Waals surface area contributed by atoms with Crippen LogP contribution in [-0.4, -0.2) is 15.5 Å². The molecule has 2 rings (SSSR count). The topological polar surface area (TPSA) is 77.1 Å². The zero-order valence-electron chi connectivity index (χ0n) is 7.71. The van der Waals surface area contributed by atoms with Crippen LogP contribution in [0, 0.1) is 0 Å². The lowest BCUT2D eigenvalue weighted by atomic mass is 10.3. The Hall–Kier alpha value is -1.35. The number of hydrogen-bond donors (Lipinski definition) is 1. The van der Waals surface area contributed by atoms with Crippen LogP contribution in [0.5, 0.6) is 5.75 Å². The van der Waals surface area contributed by atoms with Crippen molar-refractivity contribution in [2.45, 2.75) is 0 Å². The van der Waals surface area contributed by atoms with Gasteiger partial charge in [-0.05, 0) is 12.1 Å². The summed E-state index contributed by atoms with van der Waals surface area (Å²) in [5, 5.41) is 0.873. The molecule has 0 radical (unpaired) electrons. The Kier molecular flexibility index (Phi) is 2.49. The predicted octanol–water partition coefficient (Wildman–Crippen LogP) is 0.128. The highest BCUT2D eigenvalue weighted by Crippen LogP contribution is 2.23. The molecule has 8 heteroatoms. The van der Waals surface area contributed by atoms with E-state index in [1.54, 1.807) is 24.3 Å². The largest absolute Gasteiger partial charge is 0.497 e. The van der Waals surface area contributed by atoms with E-state index in [2.05, 4.69) is 14.2 Å². The third-order valence-corrected chi connectivity index (χ3v) is 2.29. The fourth-order valence-corrected chi connectivity index (χ4v) is 1.52. The van der Waals surface area contributed by atoms with Crippen LogP contribution in [-0.2, 0) is 19.0 Å². The first-order valence-corrected chi connectivity index (χ1v) is 5.27. The molecule has 0 saturated carbocycles. The lowest BCUT2D eigenvalue weighted by molar-refractivity contribution is 0.198. The zero-order chi connectivity index (χ0) is 10.9. The third-order valence-electron chi connectivity index (χ3n) is 1.68. The summed E-state index contributed by atoms with van der Waals surface area (Å²) < 4.78 is 35.2. The lowest BCUT2D eigenvalue weighted by Gasteiger charge is -2.11. The second-order valence-corrected chi connectivity index (χ2v) is 3.79. The second-order valence-electron chi connectivity index (χ2n) is 2.65. The van der Waals surface area contributed by atoms with E-state index in [4.69, 9.17) is 4.74 Å². The van der Waals surface area contributed by atoms with Gasteiger partial charge in [0.2, 0.25) is 0 Å². The van der Waals surface area contributed by atoms with Gasteiger partial charge in [-0.25, -0.2) is 0 Å². The molecule has 1 N–H and O–H groups in total. The molecular weight excluding hydrogens is 224 g/mol. The van der Waals surface area contributed by atoms with Crippen LogP contribution in [0.4, 0.5) is 5.69 Å². The first-order chi connectivity index (χ1) is 7.11. The van der Waals surface area contributed by atoms with Gasteiger partial charge in [0.25, 0.3) is 0 Å². The minimum Gasteiger partial charge on any atom is -0.497 e. The molecular formula is C7H8N2O5S. The second kappa shape index (κ2) is 3.66. The number of hydrogen-bond acceptors (Lipinski definition) is 7. The highest BCUT2D eigenvalue weighted by atomic mass is 32.3. The summed E-state index contributed by atoms with van der Waals surface area (Å²) in [6.45, 7) is 0. The number of hydrazine groups is 1. The van der Waals surface area contributed by atoms with Crippen molar-refractivity contribution in [3.63, 3.8) is 0 Å². The summed E-state index contributed by atoms with van der Waals surface area (Å²) in [5.74, 6) is 0.571. The van der Waals surface area contributed by atoms with Crippen LogP contribution in [0.1, 0.15) is 0 Å². The molecule has 1 aliphatic heterocycles. The molecule has 0 spiro atoms. The van der Waals surface area contributed by atoms with Gasteiger partial charge in [0.1, 0.15) is 5.75 Å². The Bertz CT molecular complexity index is 460. The molecule has 0 amide bonds. The standard InChI is InChI=1S/C7H8N2O5S/c1-12-7-4-2-3-6(5-7)9-8-13-15(10,11)14-9/h2-5,8H,1H3. The fraction of sp³-hybridized carbons (Fsp3) is 0.143. The van der Waals surface area contributed by atoms with Crippen molar-refractivity contribution >= 4 is 16.1 Å². The Balaban J connectivity index is 2.24. The summed E-state index contributed by atoms with van der Waals surface area (Å²) in [4.78, 5) is 0. The molecule has 1 aliphatic rings. The Morgan fingerprint density at radius 3 is 2.87 bits per heavy atom. The summed E-state index contributed by atoms with van der Waals surface area (Å²) in [6, 6.07) is 6.61. The van der Waals surface area contributed by atoms with E-state index in [0.717, 1.165) is 5.17 Å². The molecule has 0 aromatic heterocycles. The molecule has 1 heterocycles. The maximum atomic E-state index is 10.8. The van der Waals surface area contributed by atoms with Gasteiger partial charge in [-0.3, -0.25) is 0 Å². The van der Waals surface area contributed by atoms with Gasteiger partial charge in [-0.2, -0.15) is 8.42 Å². The lowest BCUT2D eigenvalue weighted by Crippen LogP contribution is -2.28. The first-order valence-electron chi connectivity index (χ1n) is 3.93. The van der Waals surface area contributed by atoms with E-state index in [0.29, 0.717) is 11.4 Å². The Labute approximate surface area is 86.4 Å². The third kappa shape index (κ3) is 2.18. The van der Waals surface area contributed by atoms with E-state index >= 15 is 0 Å². The number of nitrogens with one attached hydrogen (secondary N) is 1. The SMILES string of the molecule is COc1cccc(N2NOS(=O)(=O)O2)c1. The summed E-state index contributed by atoms with van der Waals surface area (Å²) in [5.41, 5.74) is 2.52. The number of anilines is 1. The van der Waals surface area contributed by atoms with Crippen molar-refractivity contribution in [3.8, 4) is 5.75 Å². The van der Waals surface area contributed by atoms with Crippen LogP contribution in [0.3, 0.4) is 0 Å². The van der Waals surface area contributed by atoms with E-state index in [9.17, 15) is 8.42 Å². The number of methoxy groups -OCH3 is 1. The van der Waals surface area contributed by atoms with Gasteiger partial charge in [0.05, 0.1) is 12.8 Å². The van der Waals surface area contributed by atoms with Crippen molar-refractivity contribution in [3.05, 3.63) is 24.3 Å². The average molecular weight is 232 g/mol. The fourth-order valence-electron chi connectivity index (χ4n) is 1.03. The van der Waals surface area contributed by atoms with Crippen molar-refractivity contribution in [2.24, 2.45) is 0 Å². The number of nitrogens with zero attached hydrogens (tertiary/aromatic N) is 1. The molecule has 1 aromatic carbocycles. The number of benzene rings is 1. The number of ether oxygens (including phenoxy) is 1. The normalized spacial score (nSPS) is 19.1. The molecule has 0 atom stereocenters. The van der Waals surface area contributed by atoms with Crippen molar-refractivity contribution < 1.29 is 21.7 Å². The molecule has 1 fully saturated rings. The van der Waals surface area contributed by atoms with Crippen molar-refractivity contribution in [1.82, 2.24) is 5.59 Å². The van der Waals surface area contributed by atoms with Gasteiger partial charge < -0.3 is 4.74 Å². The number of rotatable bonds is 2. The maximum Gasteiger partial charge on any atom is 0.440 e. The van der Waals surface area contributed by atoms with Crippen molar-refractivity contribution in [1.29, 1.82) is 0 Å². The van der Waals surface area contributed by atoms with E-state index < -0.39 is 10.4 Å². The minimum absolute atomic E-state index is 0.440. The summed E-state index contributed by atoms with van der Waals surface area (Å²) >= 11 is 0. The van der Waals surface area contributed by atoms with E-state index in [1.807, 2.05) is 0 Å². The van der Waals surface area contributed by atoms with Crippen molar-refractivity contribution in [2.75, 3.05) is 12.3 Å². The Morgan fingerprint density at radius 1 is 1.47 bits per heavy atom. The molecule has 1 aromatic rings. The van der Waals surface area contributed by atoms with Crippen LogP contribution >= 0.6 is 0 Å². The van der Waals surface area contributed by atoms with Gasteiger partial charge in [0.15, 0.2) is 0 Å². The zero-order valence-corrected chi connectivity index (χ0v) is 8.52. The first kappa shape index (κ1) is 10.2. The molecule has 0 unspecified atom stereocenters. The smallest absolute Gasteiger partial charge is 0.440 e. The van der Waals surface area contributed by atoms with E-state index in [1.165, 1.54) is 7.11 Å². The van der Waals surface area contributed by atoms with Gasteiger partial charge in [-0.1, -0.05) is 11.7 Å². The molecule has 0 aliphatic carbocycles. The summed E-state index contributed by atoms with van der Waals surface area (Å²) in [6.07, 6.45) is 0. The van der Waals surface area contributed by atoms with Crippen LogP contribution < -0.4 is 15.5 Å². The maximum absolute atomic E-state index is 10.8. The van der Waals surface area contributed by atoms with Crippen LogP contribution in [0.25, 0.3) is 0 Å². The molecule has 15 heavy (non-hydrogen) atoms. The molecule has 82 valence electrons. The monoisotopic (exact) mass is 232 g/mol. The van der Waals surface area contributed by atoms with Gasteiger partial charge in [0, 0.05) is 6.07 Å². The summed E-state index contributed by atoms with van der Waals surface area (Å²) in [7, 11) is -2.48. The van der Waals surface area contributed by atoms with E-state index in [-0.39, 0.29) is 0 Å². The highest BCUT2D eigenvalue weighted by Gasteiger charge is 2.29. The highest BCUT2D eigenvalue weighted by molar-refractivity contribution is 7.82. The quantitative estimate of drug-likeness (QED) is 0.776. The molecule has 1 saturated heterocycles. The molecule has 7 nitrogen and oxygen atoms in total. The van der Waals surface area contributed by atoms with Crippen LogP contribution in [0.2, 0.25) is 0 Å². The minimum atomic E-state index is -3.99. The van der Waals surface area contributed by atoms with Gasteiger partial charge in [-0.15, -0.1) is 13.7 Å². The molecule has 0 bridgehead atoms. The average Bonchev–Trinajstić information content (AvgIpc) is 2.59.